The highest BCUT2D eigenvalue weighted by molar-refractivity contribution is 5.70. The van der Waals surface area contributed by atoms with Crippen LogP contribution in [0.3, 0.4) is 0 Å². The Hall–Kier alpha value is -0.680. The molecule has 0 aliphatic rings. The molecule has 0 fully saturated rings. The lowest BCUT2D eigenvalue weighted by Crippen LogP contribution is -2.19. The van der Waals surface area contributed by atoms with Crippen LogP contribution < -0.4 is 0 Å². The molecular formula is C6H11FO4. The van der Waals surface area contributed by atoms with E-state index in [4.69, 9.17) is 5.11 Å². The highest BCUT2D eigenvalue weighted by Crippen LogP contribution is 1.94. The quantitative estimate of drug-likeness (QED) is 0.581. The highest BCUT2D eigenvalue weighted by atomic mass is 19.1. The largest absolute Gasteiger partial charge is 0.477 e. The third-order valence-corrected chi connectivity index (χ3v) is 0.951. The molecule has 0 aromatic heterocycles. The van der Waals surface area contributed by atoms with Gasteiger partial charge in [0.05, 0.1) is 6.61 Å². The maximum atomic E-state index is 12.1. The molecule has 0 aromatic rings. The Balaban J connectivity index is 3.17. The maximum absolute atomic E-state index is 12.1. The average Bonchev–Trinajstić information content (AvgIpc) is 1.97. The average molecular weight is 166 g/mol. The van der Waals surface area contributed by atoms with Gasteiger partial charge in [-0.25, -0.2) is 9.18 Å². The fourth-order valence-corrected chi connectivity index (χ4v) is 0.461. The molecule has 0 aromatic carbocycles. The van der Waals surface area contributed by atoms with Crippen molar-refractivity contribution >= 4 is 5.97 Å². The van der Waals surface area contributed by atoms with E-state index in [0.29, 0.717) is 13.0 Å². The molecule has 0 heterocycles. The normalized spacial score (nSPS) is 12.9. The number of hydrogen-bond acceptors (Lipinski definition) is 3. The van der Waals surface area contributed by atoms with Gasteiger partial charge in [-0.1, -0.05) is 0 Å². The molecule has 1 unspecified atom stereocenters. The van der Waals surface area contributed by atoms with Crippen LogP contribution in [0.15, 0.2) is 0 Å². The summed E-state index contributed by atoms with van der Waals surface area (Å²) in [7, 11) is 1.50. The first kappa shape index (κ1) is 10.3. The molecule has 0 aliphatic carbocycles. The number of aliphatic carboxylic acids is 1. The van der Waals surface area contributed by atoms with E-state index in [1.165, 1.54) is 7.11 Å². The van der Waals surface area contributed by atoms with E-state index < -0.39 is 12.3 Å². The van der Waals surface area contributed by atoms with Crippen molar-refractivity contribution in [2.45, 2.75) is 12.8 Å². The molecule has 66 valence electrons. The van der Waals surface area contributed by atoms with Crippen LogP contribution in [0, 0.1) is 0 Å². The first-order valence-corrected chi connectivity index (χ1v) is 3.16. The Morgan fingerprint density at radius 3 is 2.73 bits per heavy atom. The third-order valence-electron chi connectivity index (χ3n) is 0.951. The molecule has 0 rings (SSSR count). The number of hydrogen-bond donors (Lipinski definition) is 1. The summed E-state index contributed by atoms with van der Waals surface area (Å²) in [6.07, 6.45) is -1.73. The number of ether oxygens (including phenoxy) is 2. The summed E-state index contributed by atoms with van der Waals surface area (Å²) >= 11 is 0. The Kier molecular flexibility index (Phi) is 5.68. The molecule has 0 saturated heterocycles. The van der Waals surface area contributed by atoms with E-state index in [0.717, 1.165) is 0 Å². The summed E-state index contributed by atoms with van der Waals surface area (Å²) in [4.78, 5) is 9.83. The van der Waals surface area contributed by atoms with Gasteiger partial charge in [0.25, 0.3) is 6.36 Å². The maximum Gasteiger partial charge on any atom is 0.366 e. The van der Waals surface area contributed by atoms with Crippen molar-refractivity contribution < 1.29 is 23.8 Å². The van der Waals surface area contributed by atoms with Crippen LogP contribution in [0.25, 0.3) is 0 Å². The van der Waals surface area contributed by atoms with Gasteiger partial charge in [-0.3, -0.25) is 0 Å². The second-order valence-electron chi connectivity index (χ2n) is 1.87. The molecule has 11 heavy (non-hydrogen) atoms. The summed E-state index contributed by atoms with van der Waals surface area (Å²) in [5, 5.41) is 8.01. The first-order chi connectivity index (χ1) is 5.18. The van der Waals surface area contributed by atoms with Crippen molar-refractivity contribution in [1.29, 1.82) is 0 Å². The van der Waals surface area contributed by atoms with Gasteiger partial charge in [0, 0.05) is 13.7 Å². The predicted molar refractivity (Wildman–Crippen MR) is 35.0 cm³/mol. The van der Waals surface area contributed by atoms with Gasteiger partial charge in [-0.2, -0.15) is 0 Å². The molecule has 1 N–H and O–H groups in total. The zero-order valence-corrected chi connectivity index (χ0v) is 6.25. The lowest BCUT2D eigenvalue weighted by atomic mass is 10.5. The van der Waals surface area contributed by atoms with E-state index in [9.17, 15) is 9.18 Å². The molecule has 0 saturated carbocycles. The lowest BCUT2D eigenvalue weighted by molar-refractivity contribution is -0.163. The minimum absolute atomic E-state index is 0.0569. The number of halogens is 1. The van der Waals surface area contributed by atoms with Crippen LogP contribution in [0.2, 0.25) is 0 Å². The van der Waals surface area contributed by atoms with E-state index in [1.807, 2.05) is 0 Å². The molecular weight excluding hydrogens is 155 g/mol. The Morgan fingerprint density at radius 1 is 1.64 bits per heavy atom. The molecule has 4 nitrogen and oxygen atoms in total. The topological polar surface area (TPSA) is 55.8 Å². The fraction of sp³-hybridized carbons (Fsp3) is 0.833. The minimum Gasteiger partial charge on any atom is -0.477 e. The molecule has 0 bridgehead atoms. The first-order valence-electron chi connectivity index (χ1n) is 3.16. The van der Waals surface area contributed by atoms with Gasteiger partial charge in [-0.05, 0) is 6.42 Å². The molecule has 0 amide bonds. The Labute approximate surface area is 63.9 Å². The smallest absolute Gasteiger partial charge is 0.366 e. The highest BCUT2D eigenvalue weighted by Gasteiger charge is 2.14. The van der Waals surface area contributed by atoms with Gasteiger partial charge in [0.15, 0.2) is 0 Å². The summed E-state index contributed by atoms with van der Waals surface area (Å²) in [6.45, 7) is 0.494. The number of rotatable bonds is 6. The lowest BCUT2D eigenvalue weighted by Gasteiger charge is -2.03. The van der Waals surface area contributed by atoms with E-state index in [-0.39, 0.29) is 6.61 Å². The molecule has 0 spiro atoms. The van der Waals surface area contributed by atoms with Gasteiger partial charge >= 0.3 is 5.97 Å². The fourth-order valence-electron chi connectivity index (χ4n) is 0.461. The summed E-state index contributed by atoms with van der Waals surface area (Å²) in [5.41, 5.74) is 0. The molecule has 0 radical (unpaired) electrons. The second-order valence-corrected chi connectivity index (χ2v) is 1.87. The van der Waals surface area contributed by atoms with E-state index in [2.05, 4.69) is 9.47 Å². The third kappa shape index (κ3) is 5.75. The van der Waals surface area contributed by atoms with Gasteiger partial charge in [0.1, 0.15) is 0 Å². The van der Waals surface area contributed by atoms with Crippen LogP contribution in [-0.4, -0.2) is 37.8 Å². The molecule has 0 aliphatic heterocycles. The summed E-state index contributed by atoms with van der Waals surface area (Å²) < 4.78 is 21.0. The molecule has 1 atom stereocenters. The SMILES string of the molecule is COCCCOC(F)C(=O)O. The zero-order valence-electron chi connectivity index (χ0n) is 6.25. The Bertz CT molecular complexity index is 117. The van der Waals surface area contributed by atoms with Crippen molar-refractivity contribution in [2.75, 3.05) is 20.3 Å². The van der Waals surface area contributed by atoms with Crippen LogP contribution in [0.5, 0.6) is 0 Å². The van der Waals surface area contributed by atoms with Crippen molar-refractivity contribution in [1.82, 2.24) is 0 Å². The zero-order chi connectivity index (χ0) is 8.69. The van der Waals surface area contributed by atoms with E-state index in [1.54, 1.807) is 0 Å². The van der Waals surface area contributed by atoms with Crippen molar-refractivity contribution in [2.24, 2.45) is 0 Å². The van der Waals surface area contributed by atoms with Gasteiger partial charge < -0.3 is 14.6 Å². The summed E-state index contributed by atoms with van der Waals surface area (Å²) in [6, 6.07) is 0. The van der Waals surface area contributed by atoms with Crippen LogP contribution in [0.4, 0.5) is 4.39 Å². The summed E-state index contributed by atoms with van der Waals surface area (Å²) in [5.74, 6) is -1.59. The van der Waals surface area contributed by atoms with Crippen LogP contribution in [0.1, 0.15) is 6.42 Å². The molecule has 5 heteroatoms. The second kappa shape index (κ2) is 6.06. The monoisotopic (exact) mass is 166 g/mol. The van der Waals surface area contributed by atoms with Crippen LogP contribution >= 0.6 is 0 Å². The number of carboxylic acids is 1. The van der Waals surface area contributed by atoms with Gasteiger partial charge in [0.2, 0.25) is 0 Å². The number of carboxylic acid groups (broad SMARTS) is 1. The standard InChI is InChI=1S/C6H11FO4/c1-10-3-2-4-11-5(7)6(8)9/h5H,2-4H2,1H3,(H,8,9). The number of alkyl halides is 1. The van der Waals surface area contributed by atoms with Gasteiger partial charge in [-0.15, -0.1) is 0 Å². The predicted octanol–water partition coefficient (Wildman–Crippen LogP) is 0.420. The number of methoxy groups -OCH3 is 1. The van der Waals surface area contributed by atoms with E-state index >= 15 is 0 Å². The van der Waals surface area contributed by atoms with Crippen molar-refractivity contribution in [3.8, 4) is 0 Å². The number of carbonyl (C=O) groups is 1. The van der Waals surface area contributed by atoms with Crippen molar-refractivity contribution in [3.05, 3.63) is 0 Å². The minimum atomic E-state index is -2.22. The van der Waals surface area contributed by atoms with Crippen LogP contribution in [-0.2, 0) is 14.3 Å². The van der Waals surface area contributed by atoms with Crippen molar-refractivity contribution in [3.63, 3.8) is 0 Å². The Morgan fingerprint density at radius 2 is 2.27 bits per heavy atom.